The van der Waals surface area contributed by atoms with Crippen molar-refractivity contribution in [3.63, 3.8) is 0 Å². The molecule has 1 aliphatic heterocycles. The predicted molar refractivity (Wildman–Crippen MR) is 82.7 cm³/mol. The summed E-state index contributed by atoms with van der Waals surface area (Å²) in [6, 6.07) is 7.36. The molecule has 0 unspecified atom stereocenters. The lowest BCUT2D eigenvalue weighted by atomic mass is 10.1. The molecule has 1 fully saturated rings. The van der Waals surface area contributed by atoms with Crippen molar-refractivity contribution in [2.45, 2.75) is 19.4 Å². The molecule has 1 aromatic carbocycles. The van der Waals surface area contributed by atoms with Crippen molar-refractivity contribution in [1.29, 1.82) is 0 Å². The summed E-state index contributed by atoms with van der Waals surface area (Å²) in [5.74, 6) is 0.0205. The maximum Gasteiger partial charge on any atom is 0.274 e. The first-order valence-corrected chi connectivity index (χ1v) is 7.40. The minimum Gasteiger partial charge on any atom is -0.377 e. The molecule has 0 bridgehead atoms. The summed E-state index contributed by atoms with van der Waals surface area (Å²) in [7, 11) is 1.61. The van der Waals surface area contributed by atoms with Crippen molar-refractivity contribution in [2.24, 2.45) is 7.05 Å². The highest BCUT2D eigenvalue weighted by atomic mass is 16.5. The van der Waals surface area contributed by atoms with Crippen molar-refractivity contribution < 1.29 is 9.53 Å². The van der Waals surface area contributed by atoms with E-state index in [1.54, 1.807) is 13.1 Å². The second kappa shape index (κ2) is 5.88. The van der Waals surface area contributed by atoms with Crippen molar-refractivity contribution >= 4 is 16.7 Å². The summed E-state index contributed by atoms with van der Waals surface area (Å²) in [5, 5.41) is 5.63. The van der Waals surface area contributed by atoms with Crippen LogP contribution in [0, 0.1) is 0 Å². The number of morpholine rings is 1. The molecule has 2 heterocycles. The first-order chi connectivity index (χ1) is 10.6. The highest BCUT2D eigenvalue weighted by molar-refractivity contribution is 5.88. The van der Waals surface area contributed by atoms with Gasteiger partial charge in [-0.1, -0.05) is 18.2 Å². The smallest absolute Gasteiger partial charge is 0.274 e. The summed E-state index contributed by atoms with van der Waals surface area (Å²) in [6.45, 7) is 3.71. The standard InChI is InChI=1S/C16H19N3O3/c1-11-10-22-8-7-19(11)15(20)9-14-12-5-3-4-6-13(12)16(21)18(2)17-14/h3-6,11H,7-10H2,1-2H3/t11-/m0/s1. The molecule has 1 atom stereocenters. The van der Waals surface area contributed by atoms with E-state index in [-0.39, 0.29) is 23.9 Å². The Labute approximate surface area is 128 Å². The maximum atomic E-state index is 12.6. The van der Waals surface area contributed by atoms with Gasteiger partial charge in [0, 0.05) is 19.0 Å². The number of hydrogen-bond donors (Lipinski definition) is 0. The SMILES string of the molecule is C[C@H]1COCCN1C(=O)Cc1nn(C)c(=O)c2ccccc12. The van der Waals surface area contributed by atoms with Crippen LogP contribution in [0.4, 0.5) is 0 Å². The summed E-state index contributed by atoms with van der Waals surface area (Å²) < 4.78 is 6.66. The van der Waals surface area contributed by atoms with Gasteiger partial charge in [-0.05, 0) is 13.0 Å². The summed E-state index contributed by atoms with van der Waals surface area (Å²) >= 11 is 0. The fraction of sp³-hybridized carbons (Fsp3) is 0.438. The van der Waals surface area contributed by atoms with Crippen LogP contribution in [-0.2, 0) is 23.0 Å². The second-order valence-electron chi connectivity index (χ2n) is 5.61. The molecule has 0 N–H and O–H groups in total. The van der Waals surface area contributed by atoms with Crippen LogP contribution < -0.4 is 5.56 Å². The monoisotopic (exact) mass is 301 g/mol. The van der Waals surface area contributed by atoms with E-state index in [1.807, 2.05) is 30.0 Å². The van der Waals surface area contributed by atoms with E-state index >= 15 is 0 Å². The van der Waals surface area contributed by atoms with Crippen molar-refractivity contribution in [3.8, 4) is 0 Å². The van der Waals surface area contributed by atoms with Gasteiger partial charge >= 0.3 is 0 Å². The fourth-order valence-corrected chi connectivity index (χ4v) is 2.85. The highest BCUT2D eigenvalue weighted by Crippen LogP contribution is 2.16. The number of ether oxygens (including phenoxy) is 1. The Hall–Kier alpha value is -2.21. The molecule has 1 aliphatic rings. The molecule has 0 saturated carbocycles. The molecular formula is C16H19N3O3. The number of amides is 1. The van der Waals surface area contributed by atoms with Gasteiger partial charge in [-0.15, -0.1) is 0 Å². The average Bonchev–Trinajstić information content (AvgIpc) is 2.52. The molecule has 0 radical (unpaired) electrons. The van der Waals surface area contributed by atoms with Gasteiger partial charge in [-0.2, -0.15) is 5.10 Å². The predicted octanol–water partition coefficient (Wildman–Crippen LogP) is 0.723. The second-order valence-corrected chi connectivity index (χ2v) is 5.61. The average molecular weight is 301 g/mol. The Morgan fingerprint density at radius 3 is 2.82 bits per heavy atom. The number of carbonyl (C=O) groups is 1. The molecular weight excluding hydrogens is 282 g/mol. The summed E-state index contributed by atoms with van der Waals surface area (Å²) in [5.41, 5.74) is 0.493. The molecule has 0 spiro atoms. The minimum atomic E-state index is -0.147. The van der Waals surface area contributed by atoms with Gasteiger partial charge in [0.15, 0.2) is 0 Å². The lowest BCUT2D eigenvalue weighted by molar-refractivity contribution is -0.138. The van der Waals surface area contributed by atoms with Crippen LogP contribution in [0.5, 0.6) is 0 Å². The summed E-state index contributed by atoms with van der Waals surface area (Å²) in [6.07, 6.45) is 0.193. The number of aryl methyl sites for hydroxylation is 1. The Balaban J connectivity index is 1.95. The van der Waals surface area contributed by atoms with E-state index < -0.39 is 0 Å². The zero-order chi connectivity index (χ0) is 15.7. The third-order valence-electron chi connectivity index (χ3n) is 4.04. The minimum absolute atomic E-state index is 0.0205. The molecule has 0 aliphatic carbocycles. The van der Waals surface area contributed by atoms with Gasteiger partial charge in [-0.3, -0.25) is 9.59 Å². The van der Waals surface area contributed by atoms with Crippen LogP contribution >= 0.6 is 0 Å². The molecule has 3 rings (SSSR count). The zero-order valence-corrected chi connectivity index (χ0v) is 12.8. The quantitative estimate of drug-likeness (QED) is 0.820. The van der Waals surface area contributed by atoms with E-state index in [1.165, 1.54) is 4.68 Å². The van der Waals surface area contributed by atoms with Crippen LogP contribution in [0.2, 0.25) is 0 Å². The number of carbonyl (C=O) groups excluding carboxylic acids is 1. The largest absolute Gasteiger partial charge is 0.377 e. The lowest BCUT2D eigenvalue weighted by Gasteiger charge is -2.33. The van der Waals surface area contributed by atoms with Gasteiger partial charge in [0.1, 0.15) is 0 Å². The molecule has 1 amide bonds. The Bertz CT molecular complexity index is 769. The van der Waals surface area contributed by atoms with E-state index in [0.717, 1.165) is 5.39 Å². The highest BCUT2D eigenvalue weighted by Gasteiger charge is 2.24. The van der Waals surface area contributed by atoms with Gasteiger partial charge in [0.05, 0.1) is 36.8 Å². The van der Waals surface area contributed by atoms with Crippen molar-refractivity contribution in [3.05, 3.63) is 40.3 Å². The number of rotatable bonds is 2. The molecule has 1 saturated heterocycles. The Morgan fingerprint density at radius 1 is 1.36 bits per heavy atom. The van der Waals surface area contributed by atoms with Crippen LogP contribution in [-0.4, -0.2) is 46.4 Å². The topological polar surface area (TPSA) is 64.4 Å². The van der Waals surface area contributed by atoms with Crippen molar-refractivity contribution in [2.75, 3.05) is 19.8 Å². The van der Waals surface area contributed by atoms with Gasteiger partial charge in [0.2, 0.25) is 5.91 Å². The van der Waals surface area contributed by atoms with Crippen molar-refractivity contribution in [1.82, 2.24) is 14.7 Å². The lowest BCUT2D eigenvalue weighted by Crippen LogP contribution is -2.47. The van der Waals surface area contributed by atoms with Gasteiger partial charge in [0.25, 0.3) is 5.56 Å². The van der Waals surface area contributed by atoms with Gasteiger partial charge < -0.3 is 9.64 Å². The Morgan fingerprint density at radius 2 is 2.09 bits per heavy atom. The Kier molecular flexibility index (Phi) is 3.94. The number of benzene rings is 1. The number of hydrogen-bond acceptors (Lipinski definition) is 4. The third kappa shape index (κ3) is 2.62. The van der Waals surface area contributed by atoms with E-state index in [0.29, 0.717) is 30.8 Å². The molecule has 2 aromatic rings. The number of nitrogens with zero attached hydrogens (tertiary/aromatic N) is 3. The number of fused-ring (bicyclic) bond motifs is 1. The maximum absolute atomic E-state index is 12.6. The molecule has 116 valence electrons. The first-order valence-electron chi connectivity index (χ1n) is 7.40. The third-order valence-corrected chi connectivity index (χ3v) is 4.04. The van der Waals surface area contributed by atoms with Crippen LogP contribution in [0.3, 0.4) is 0 Å². The normalized spacial score (nSPS) is 18.6. The van der Waals surface area contributed by atoms with Gasteiger partial charge in [-0.25, -0.2) is 4.68 Å². The summed E-state index contributed by atoms with van der Waals surface area (Å²) in [4.78, 5) is 26.5. The van der Waals surface area contributed by atoms with Crippen LogP contribution in [0.25, 0.3) is 10.8 Å². The van der Waals surface area contributed by atoms with E-state index in [2.05, 4.69) is 5.10 Å². The molecule has 6 heteroatoms. The molecule has 6 nitrogen and oxygen atoms in total. The first kappa shape index (κ1) is 14.7. The number of aromatic nitrogens is 2. The molecule has 22 heavy (non-hydrogen) atoms. The van der Waals surface area contributed by atoms with Crippen LogP contribution in [0.15, 0.2) is 29.1 Å². The zero-order valence-electron chi connectivity index (χ0n) is 12.8. The van der Waals surface area contributed by atoms with E-state index in [4.69, 9.17) is 4.74 Å². The fourth-order valence-electron chi connectivity index (χ4n) is 2.85. The van der Waals surface area contributed by atoms with E-state index in [9.17, 15) is 9.59 Å². The van der Waals surface area contributed by atoms with Crippen LogP contribution in [0.1, 0.15) is 12.6 Å². The molecule has 1 aromatic heterocycles.